The summed E-state index contributed by atoms with van der Waals surface area (Å²) < 4.78 is 10.8. The van der Waals surface area contributed by atoms with E-state index in [1.807, 2.05) is 0 Å². The Balaban J connectivity index is 1.84. The summed E-state index contributed by atoms with van der Waals surface area (Å²) in [5.74, 6) is 1.40. The highest BCUT2D eigenvalue weighted by Gasteiger charge is 2.20. The van der Waals surface area contributed by atoms with Crippen molar-refractivity contribution in [1.29, 1.82) is 0 Å². The fourth-order valence-corrected chi connectivity index (χ4v) is 2.32. The summed E-state index contributed by atoms with van der Waals surface area (Å²) in [5, 5.41) is 0. The van der Waals surface area contributed by atoms with Crippen molar-refractivity contribution in [2.45, 2.75) is 0 Å². The van der Waals surface area contributed by atoms with Crippen LogP contribution in [0.4, 0.5) is 11.8 Å². The van der Waals surface area contributed by atoms with Gasteiger partial charge < -0.3 is 19.8 Å². The second-order valence-corrected chi connectivity index (χ2v) is 4.81. The van der Waals surface area contributed by atoms with Gasteiger partial charge in [0.05, 0.1) is 18.8 Å². The molecule has 0 bridgehead atoms. The number of hydrogen-bond acceptors (Lipinski definition) is 9. The van der Waals surface area contributed by atoms with Gasteiger partial charge in [-0.2, -0.15) is 4.98 Å². The fraction of sp³-hybridized carbons (Fsp3) is 0.308. The lowest BCUT2D eigenvalue weighted by Gasteiger charge is -2.27. The first-order valence-corrected chi connectivity index (χ1v) is 6.83. The Morgan fingerprint density at radius 3 is 2.59 bits per heavy atom. The average Bonchev–Trinajstić information content (AvgIpc) is 3.04. The van der Waals surface area contributed by atoms with E-state index in [-0.39, 0.29) is 5.95 Å². The van der Waals surface area contributed by atoms with Gasteiger partial charge in [0, 0.05) is 25.5 Å². The number of ether oxygens (including phenoxy) is 1. The van der Waals surface area contributed by atoms with Crippen molar-refractivity contribution in [3.05, 3.63) is 18.8 Å². The molecule has 0 amide bonds. The molecule has 4 heterocycles. The summed E-state index contributed by atoms with van der Waals surface area (Å²) in [5.41, 5.74) is 7.26. The van der Waals surface area contributed by atoms with E-state index in [4.69, 9.17) is 14.9 Å². The van der Waals surface area contributed by atoms with Gasteiger partial charge in [-0.25, -0.2) is 19.9 Å². The van der Waals surface area contributed by atoms with Crippen LogP contribution in [0.3, 0.4) is 0 Å². The summed E-state index contributed by atoms with van der Waals surface area (Å²) in [7, 11) is 0. The Kier molecular flexibility index (Phi) is 3.04. The molecule has 0 aromatic carbocycles. The molecule has 1 aliphatic heterocycles. The maximum atomic E-state index is 5.51. The first-order chi connectivity index (χ1) is 10.8. The van der Waals surface area contributed by atoms with E-state index in [0.717, 1.165) is 13.1 Å². The van der Waals surface area contributed by atoms with E-state index in [1.54, 1.807) is 12.4 Å². The van der Waals surface area contributed by atoms with Crippen molar-refractivity contribution in [2.24, 2.45) is 0 Å². The summed E-state index contributed by atoms with van der Waals surface area (Å²) >= 11 is 0. The number of anilines is 2. The van der Waals surface area contributed by atoms with Gasteiger partial charge in [0.2, 0.25) is 17.2 Å². The number of nitrogens with two attached hydrogens (primary N) is 1. The smallest absolute Gasteiger partial charge is 0.219 e. The van der Waals surface area contributed by atoms with Crippen LogP contribution in [0.25, 0.3) is 22.6 Å². The molecule has 4 rings (SSSR count). The molecule has 1 fully saturated rings. The number of aromatic nitrogens is 5. The summed E-state index contributed by atoms with van der Waals surface area (Å²) in [6, 6.07) is 0. The van der Waals surface area contributed by atoms with Crippen LogP contribution in [0.5, 0.6) is 0 Å². The van der Waals surface area contributed by atoms with Crippen molar-refractivity contribution in [2.75, 3.05) is 36.9 Å². The molecule has 0 unspecified atom stereocenters. The van der Waals surface area contributed by atoms with Crippen LogP contribution in [0.1, 0.15) is 0 Å². The van der Waals surface area contributed by atoms with E-state index in [9.17, 15) is 0 Å². The standard InChI is InChI=1S/C13H13N7O2/c14-13-15-5-8(6-16-13)10-18-11-9(22-7-17-11)12(19-10)20-1-3-21-4-2-20/h5-7H,1-4H2,(H2,14,15,16). The first kappa shape index (κ1) is 12.9. The molecule has 1 aliphatic rings. The van der Waals surface area contributed by atoms with Crippen molar-refractivity contribution in [3.63, 3.8) is 0 Å². The van der Waals surface area contributed by atoms with E-state index in [1.165, 1.54) is 6.39 Å². The highest BCUT2D eigenvalue weighted by atomic mass is 16.5. The lowest BCUT2D eigenvalue weighted by atomic mass is 10.3. The minimum atomic E-state index is 0.208. The molecule has 2 N–H and O–H groups in total. The molecule has 0 aliphatic carbocycles. The molecular formula is C13H13N7O2. The van der Waals surface area contributed by atoms with Gasteiger partial charge in [-0.1, -0.05) is 0 Å². The Morgan fingerprint density at radius 1 is 1.05 bits per heavy atom. The second kappa shape index (κ2) is 5.19. The molecular weight excluding hydrogens is 286 g/mol. The van der Waals surface area contributed by atoms with E-state index >= 15 is 0 Å². The number of nitrogen functional groups attached to an aromatic ring is 1. The van der Waals surface area contributed by atoms with Crippen LogP contribution in [0.2, 0.25) is 0 Å². The number of morpholine rings is 1. The van der Waals surface area contributed by atoms with Crippen molar-refractivity contribution < 1.29 is 9.15 Å². The van der Waals surface area contributed by atoms with Gasteiger partial charge >= 0.3 is 0 Å². The zero-order chi connectivity index (χ0) is 14.9. The van der Waals surface area contributed by atoms with E-state index < -0.39 is 0 Å². The van der Waals surface area contributed by atoms with Gasteiger partial charge in [0.1, 0.15) is 0 Å². The normalized spacial score (nSPS) is 15.4. The lowest BCUT2D eigenvalue weighted by molar-refractivity contribution is 0.122. The number of rotatable bonds is 2. The van der Waals surface area contributed by atoms with Crippen molar-refractivity contribution in [1.82, 2.24) is 24.9 Å². The summed E-state index contributed by atoms with van der Waals surface area (Å²) in [6.07, 6.45) is 4.55. The van der Waals surface area contributed by atoms with Gasteiger partial charge in [-0.05, 0) is 0 Å². The van der Waals surface area contributed by atoms with Crippen molar-refractivity contribution in [3.8, 4) is 11.4 Å². The predicted molar refractivity (Wildman–Crippen MR) is 78.1 cm³/mol. The third-order valence-corrected chi connectivity index (χ3v) is 3.42. The van der Waals surface area contributed by atoms with Crippen LogP contribution >= 0.6 is 0 Å². The van der Waals surface area contributed by atoms with Crippen molar-refractivity contribution >= 4 is 23.0 Å². The Morgan fingerprint density at radius 2 is 1.82 bits per heavy atom. The maximum absolute atomic E-state index is 5.51. The van der Waals surface area contributed by atoms with Crippen LogP contribution in [0, 0.1) is 0 Å². The number of oxazole rings is 1. The quantitative estimate of drug-likeness (QED) is 0.721. The van der Waals surface area contributed by atoms with Gasteiger partial charge in [-0.3, -0.25) is 0 Å². The molecule has 9 nitrogen and oxygen atoms in total. The van der Waals surface area contributed by atoms with Gasteiger partial charge in [-0.15, -0.1) is 0 Å². The molecule has 3 aromatic heterocycles. The Hall–Kier alpha value is -2.81. The molecule has 112 valence electrons. The first-order valence-electron chi connectivity index (χ1n) is 6.83. The Labute approximate surface area is 125 Å². The second-order valence-electron chi connectivity index (χ2n) is 4.81. The molecule has 0 saturated carbocycles. The van der Waals surface area contributed by atoms with E-state index in [0.29, 0.717) is 41.6 Å². The molecule has 0 atom stereocenters. The van der Waals surface area contributed by atoms with Crippen LogP contribution in [-0.2, 0) is 4.74 Å². The zero-order valence-corrected chi connectivity index (χ0v) is 11.6. The number of hydrogen-bond donors (Lipinski definition) is 1. The number of nitrogens with zero attached hydrogens (tertiary/aromatic N) is 6. The van der Waals surface area contributed by atoms with Crippen LogP contribution in [-0.4, -0.2) is 51.2 Å². The molecule has 0 spiro atoms. The fourth-order valence-electron chi connectivity index (χ4n) is 2.32. The van der Waals surface area contributed by atoms with Gasteiger partial charge in [0.15, 0.2) is 18.0 Å². The monoisotopic (exact) mass is 299 g/mol. The lowest BCUT2D eigenvalue weighted by Crippen LogP contribution is -2.37. The highest BCUT2D eigenvalue weighted by Crippen LogP contribution is 2.27. The maximum Gasteiger partial charge on any atom is 0.219 e. The average molecular weight is 299 g/mol. The minimum absolute atomic E-state index is 0.208. The largest absolute Gasteiger partial charge is 0.438 e. The predicted octanol–water partition coefficient (Wildman–Crippen LogP) is 0.494. The molecule has 0 radical (unpaired) electrons. The molecule has 22 heavy (non-hydrogen) atoms. The van der Waals surface area contributed by atoms with Gasteiger partial charge in [0.25, 0.3) is 0 Å². The SMILES string of the molecule is Nc1ncc(-c2nc(N3CCOCC3)c3ocnc3n2)cn1. The highest BCUT2D eigenvalue weighted by molar-refractivity contribution is 5.83. The molecule has 1 saturated heterocycles. The summed E-state index contributed by atoms with van der Waals surface area (Å²) in [4.78, 5) is 23.2. The minimum Gasteiger partial charge on any atom is -0.438 e. The topological polar surface area (TPSA) is 116 Å². The Bertz CT molecular complexity index is 796. The van der Waals surface area contributed by atoms with Crippen LogP contribution < -0.4 is 10.6 Å². The third kappa shape index (κ3) is 2.21. The third-order valence-electron chi connectivity index (χ3n) is 3.42. The van der Waals surface area contributed by atoms with Crippen LogP contribution in [0.15, 0.2) is 23.2 Å². The number of fused-ring (bicyclic) bond motifs is 1. The van der Waals surface area contributed by atoms with E-state index in [2.05, 4.69) is 29.8 Å². The summed E-state index contributed by atoms with van der Waals surface area (Å²) in [6.45, 7) is 2.79. The zero-order valence-electron chi connectivity index (χ0n) is 11.6. The molecule has 9 heteroatoms. The molecule has 3 aromatic rings.